The van der Waals surface area contributed by atoms with Gasteiger partial charge in [-0.2, -0.15) is 13.2 Å². The van der Waals surface area contributed by atoms with Gasteiger partial charge in [0.2, 0.25) is 11.8 Å². The average Bonchev–Trinajstić information content (AvgIpc) is 2.47. The number of amides is 2. The van der Waals surface area contributed by atoms with Crippen LogP contribution in [0.3, 0.4) is 0 Å². The van der Waals surface area contributed by atoms with Gasteiger partial charge in [-0.3, -0.25) is 9.59 Å². The molecule has 3 aliphatic heterocycles. The molecule has 0 unspecified atom stereocenters. The van der Waals surface area contributed by atoms with Crippen molar-refractivity contribution in [1.82, 2.24) is 9.80 Å². The lowest BCUT2D eigenvalue weighted by Crippen LogP contribution is -2.91. The van der Waals surface area contributed by atoms with E-state index in [-0.39, 0.29) is 19.0 Å². The van der Waals surface area contributed by atoms with Crippen LogP contribution in [0.15, 0.2) is 0 Å². The highest BCUT2D eigenvalue weighted by molar-refractivity contribution is 5.83. The summed E-state index contributed by atoms with van der Waals surface area (Å²) in [5.74, 6) is -6.76. The number of alkyl halides is 3. The molecule has 3 heterocycles. The second kappa shape index (κ2) is 6.33. The highest BCUT2D eigenvalue weighted by Crippen LogP contribution is 2.57. The average molecular weight is 452 g/mol. The topological polar surface area (TPSA) is 99.5 Å². The molecule has 0 bridgehead atoms. The van der Waals surface area contributed by atoms with Crippen LogP contribution in [-0.4, -0.2) is 87.0 Å². The first-order valence-corrected chi connectivity index (χ1v) is 10.1. The van der Waals surface area contributed by atoms with Crippen molar-refractivity contribution < 1.29 is 42.4 Å². The van der Waals surface area contributed by atoms with E-state index in [2.05, 4.69) is 0 Å². The lowest BCUT2D eigenvalue weighted by atomic mass is 9.74. The molecule has 0 aromatic carbocycles. The predicted octanol–water partition coefficient (Wildman–Crippen LogP) is 1.25. The fraction of sp³-hybridized carbons (Fsp3) is 0.900. The minimum Gasteiger partial charge on any atom is -0.363 e. The van der Waals surface area contributed by atoms with E-state index in [0.717, 1.165) is 11.8 Å². The van der Waals surface area contributed by atoms with Crippen molar-refractivity contribution in [2.24, 2.45) is 10.8 Å². The van der Waals surface area contributed by atoms with Gasteiger partial charge in [0.25, 0.3) is 5.79 Å². The monoisotopic (exact) mass is 452 g/mol. The van der Waals surface area contributed by atoms with Crippen molar-refractivity contribution >= 4 is 11.8 Å². The SMILES string of the molecule is CC(C)(C)C(=O)N1CC2(C1)O[C@](C)(O)C1(CN(C(=O)C(C)(C)C)C1)O[C@@]2(O)C(F)(F)F. The maximum atomic E-state index is 14.1. The Morgan fingerprint density at radius 3 is 1.45 bits per heavy atom. The summed E-state index contributed by atoms with van der Waals surface area (Å²) in [6, 6.07) is 0. The highest BCUT2D eigenvalue weighted by Gasteiger charge is 2.82. The Morgan fingerprint density at radius 1 is 0.774 bits per heavy atom. The summed E-state index contributed by atoms with van der Waals surface area (Å²) < 4.78 is 53.0. The molecule has 2 amide bonds. The van der Waals surface area contributed by atoms with Gasteiger partial charge in [-0.15, -0.1) is 0 Å². The van der Waals surface area contributed by atoms with Crippen molar-refractivity contribution in [3.8, 4) is 0 Å². The first kappa shape index (κ1) is 24.2. The summed E-state index contributed by atoms with van der Waals surface area (Å²) in [4.78, 5) is 27.3. The zero-order chi connectivity index (χ0) is 24.1. The van der Waals surface area contributed by atoms with Crippen LogP contribution in [0.4, 0.5) is 13.2 Å². The van der Waals surface area contributed by atoms with Gasteiger partial charge in [-0.25, -0.2) is 0 Å². The number of carbonyl (C=O) groups excluding carboxylic acids is 2. The molecule has 0 saturated carbocycles. The highest BCUT2D eigenvalue weighted by atomic mass is 19.4. The van der Waals surface area contributed by atoms with Crippen LogP contribution < -0.4 is 0 Å². The molecule has 31 heavy (non-hydrogen) atoms. The summed E-state index contributed by atoms with van der Waals surface area (Å²) >= 11 is 0. The van der Waals surface area contributed by atoms with Gasteiger partial charge in [0.15, 0.2) is 17.0 Å². The Balaban J connectivity index is 1.90. The Hall–Kier alpha value is -1.43. The Bertz CT molecular complexity index is 786. The van der Waals surface area contributed by atoms with Gasteiger partial charge in [-0.1, -0.05) is 41.5 Å². The standard InChI is InChI=1S/C20H31F3N2O6/c1-14(2,3)12(26)24-8-17(9-24)16(7,28)30-18(19(29,31-17)20(21,22)23)10-25(11-18)13(27)15(4,5)6/h28-29H,8-11H2,1-7H3/t16-,19+/m0/s1. The molecule has 3 saturated heterocycles. The van der Waals surface area contributed by atoms with Gasteiger partial charge in [-0.05, 0) is 6.92 Å². The fourth-order valence-electron chi connectivity index (χ4n) is 4.34. The van der Waals surface area contributed by atoms with Crippen molar-refractivity contribution in [2.75, 3.05) is 26.2 Å². The largest absolute Gasteiger partial charge is 0.446 e. The van der Waals surface area contributed by atoms with E-state index < -0.39 is 58.8 Å². The Kier molecular flexibility index (Phi) is 4.95. The zero-order valence-electron chi connectivity index (χ0n) is 18.9. The van der Waals surface area contributed by atoms with Crippen molar-refractivity contribution in [3.63, 3.8) is 0 Å². The normalized spacial score (nSPS) is 32.6. The van der Waals surface area contributed by atoms with Crippen LogP contribution in [0, 0.1) is 10.8 Å². The first-order valence-electron chi connectivity index (χ1n) is 10.1. The lowest BCUT2D eigenvalue weighted by molar-refractivity contribution is -0.550. The van der Waals surface area contributed by atoms with E-state index >= 15 is 0 Å². The third-order valence-corrected chi connectivity index (χ3v) is 6.23. The van der Waals surface area contributed by atoms with Crippen molar-refractivity contribution in [3.05, 3.63) is 0 Å². The molecule has 0 radical (unpaired) electrons. The molecule has 2 N–H and O–H groups in total. The van der Waals surface area contributed by atoms with Gasteiger partial charge in [0.05, 0.1) is 26.2 Å². The number of halogens is 3. The third kappa shape index (κ3) is 3.35. The zero-order valence-corrected chi connectivity index (χ0v) is 18.9. The number of nitrogens with zero attached hydrogens (tertiary/aromatic N) is 2. The summed E-state index contributed by atoms with van der Waals surface area (Å²) in [6.45, 7) is 9.03. The van der Waals surface area contributed by atoms with Crippen molar-refractivity contribution in [2.45, 2.75) is 77.4 Å². The molecule has 3 rings (SSSR count). The van der Waals surface area contributed by atoms with Crippen LogP contribution in [0.5, 0.6) is 0 Å². The maximum absolute atomic E-state index is 14.1. The molecule has 0 aromatic heterocycles. The number of hydrogen-bond donors (Lipinski definition) is 2. The van der Waals surface area contributed by atoms with E-state index in [1.165, 1.54) is 4.90 Å². The second-order valence-electron chi connectivity index (χ2n) is 11.1. The van der Waals surface area contributed by atoms with Gasteiger partial charge < -0.3 is 29.5 Å². The maximum Gasteiger partial charge on any atom is 0.446 e. The smallest absolute Gasteiger partial charge is 0.363 e. The molecule has 11 heteroatoms. The predicted molar refractivity (Wildman–Crippen MR) is 101 cm³/mol. The number of hydrogen-bond acceptors (Lipinski definition) is 6. The number of aliphatic hydroxyl groups is 2. The third-order valence-electron chi connectivity index (χ3n) is 6.23. The molecule has 3 fully saturated rings. The second-order valence-corrected chi connectivity index (χ2v) is 11.1. The van der Waals surface area contributed by atoms with Crippen LogP contribution >= 0.6 is 0 Å². The van der Waals surface area contributed by atoms with E-state index in [0.29, 0.717) is 0 Å². The molecule has 0 aliphatic carbocycles. The van der Waals surface area contributed by atoms with Crippen LogP contribution in [0.1, 0.15) is 48.5 Å². The number of ether oxygens (including phenoxy) is 2. The van der Waals surface area contributed by atoms with Gasteiger partial charge in [0.1, 0.15) is 0 Å². The molecule has 0 aromatic rings. The lowest BCUT2D eigenvalue weighted by Gasteiger charge is -2.69. The number of likely N-dealkylation sites (tertiary alicyclic amines) is 2. The Labute approximate surface area is 179 Å². The van der Waals surface area contributed by atoms with Crippen LogP contribution in [0.2, 0.25) is 0 Å². The van der Waals surface area contributed by atoms with E-state index in [4.69, 9.17) is 9.47 Å². The number of carbonyl (C=O) groups is 2. The van der Waals surface area contributed by atoms with E-state index in [1.807, 2.05) is 0 Å². The summed E-state index contributed by atoms with van der Waals surface area (Å²) in [5.41, 5.74) is -6.00. The molecule has 178 valence electrons. The molecular formula is C20H31F3N2O6. The molecule has 8 nitrogen and oxygen atoms in total. The quantitative estimate of drug-likeness (QED) is 0.574. The minimum absolute atomic E-state index is 0.334. The van der Waals surface area contributed by atoms with Crippen LogP contribution in [-0.2, 0) is 19.1 Å². The molecule has 2 atom stereocenters. The fourth-order valence-corrected chi connectivity index (χ4v) is 4.34. The van der Waals surface area contributed by atoms with Gasteiger partial charge >= 0.3 is 6.18 Å². The summed E-state index contributed by atoms with van der Waals surface area (Å²) in [7, 11) is 0. The summed E-state index contributed by atoms with van der Waals surface area (Å²) in [5, 5.41) is 21.7. The van der Waals surface area contributed by atoms with E-state index in [1.54, 1.807) is 41.5 Å². The molecule has 2 spiro atoms. The van der Waals surface area contributed by atoms with Crippen LogP contribution in [0.25, 0.3) is 0 Å². The Morgan fingerprint density at radius 2 is 1.13 bits per heavy atom. The van der Waals surface area contributed by atoms with Gasteiger partial charge in [0, 0.05) is 10.8 Å². The minimum atomic E-state index is -5.28. The van der Waals surface area contributed by atoms with E-state index in [9.17, 15) is 33.0 Å². The molecular weight excluding hydrogens is 421 g/mol. The molecule has 3 aliphatic rings. The van der Waals surface area contributed by atoms with Crippen molar-refractivity contribution in [1.29, 1.82) is 0 Å². The summed E-state index contributed by atoms with van der Waals surface area (Å²) in [6.07, 6.45) is -5.28. The number of rotatable bonds is 0. The first-order chi connectivity index (χ1) is 13.6.